The van der Waals surface area contributed by atoms with Crippen molar-refractivity contribution in [3.63, 3.8) is 0 Å². The second-order valence-corrected chi connectivity index (χ2v) is 5.01. The minimum Gasteiger partial charge on any atom is -0.263 e. The maximum Gasteiger partial charge on any atom is 0.368 e. The van der Waals surface area contributed by atoms with Crippen molar-refractivity contribution in [1.29, 1.82) is 0 Å². The Morgan fingerprint density at radius 1 is 1.22 bits per heavy atom. The van der Waals surface area contributed by atoms with Crippen molar-refractivity contribution in [2.75, 3.05) is 0 Å². The van der Waals surface area contributed by atoms with Gasteiger partial charge in [0.15, 0.2) is 0 Å². The van der Waals surface area contributed by atoms with E-state index >= 15 is 0 Å². The summed E-state index contributed by atoms with van der Waals surface area (Å²) in [7, 11) is 0. The van der Waals surface area contributed by atoms with E-state index in [0.717, 1.165) is 37.3 Å². The fourth-order valence-corrected chi connectivity index (χ4v) is 2.53. The average molecular weight is 243 g/mol. The summed E-state index contributed by atoms with van der Waals surface area (Å²) < 4.78 is 3.74. The van der Waals surface area contributed by atoms with Crippen molar-refractivity contribution in [3.8, 4) is 5.69 Å². The summed E-state index contributed by atoms with van der Waals surface area (Å²) in [5.41, 5.74) is 0.738. The SMILES string of the molecule is CC1CCc2nc(=O)n(-c3ccccc3)n2CC1. The molecule has 0 spiro atoms. The van der Waals surface area contributed by atoms with Crippen molar-refractivity contribution in [2.45, 2.75) is 32.7 Å². The number of fused-ring (bicyclic) bond motifs is 1. The first-order chi connectivity index (χ1) is 8.75. The van der Waals surface area contributed by atoms with Gasteiger partial charge in [0.1, 0.15) is 5.82 Å². The maximum atomic E-state index is 12.0. The molecule has 0 saturated heterocycles. The normalized spacial score (nSPS) is 19.3. The molecule has 0 amide bonds. The number of aromatic nitrogens is 3. The molecule has 0 N–H and O–H groups in total. The van der Waals surface area contributed by atoms with Crippen LogP contribution in [0.15, 0.2) is 35.1 Å². The summed E-state index contributed by atoms with van der Waals surface area (Å²) in [6.45, 7) is 3.14. The van der Waals surface area contributed by atoms with Crippen LogP contribution >= 0.6 is 0 Å². The molecule has 18 heavy (non-hydrogen) atoms. The van der Waals surface area contributed by atoms with Crippen LogP contribution in [0.1, 0.15) is 25.6 Å². The molecular formula is C14H17N3O. The summed E-state index contributed by atoms with van der Waals surface area (Å²) in [5.74, 6) is 1.62. The topological polar surface area (TPSA) is 39.8 Å². The quantitative estimate of drug-likeness (QED) is 0.768. The van der Waals surface area contributed by atoms with E-state index in [4.69, 9.17) is 0 Å². The highest BCUT2D eigenvalue weighted by atomic mass is 16.2. The van der Waals surface area contributed by atoms with Gasteiger partial charge < -0.3 is 0 Å². The Bertz CT molecular complexity index is 597. The second-order valence-electron chi connectivity index (χ2n) is 5.01. The first-order valence-corrected chi connectivity index (χ1v) is 6.50. The van der Waals surface area contributed by atoms with E-state index in [-0.39, 0.29) is 5.69 Å². The lowest BCUT2D eigenvalue weighted by Crippen LogP contribution is -2.22. The molecule has 1 aromatic heterocycles. The van der Waals surface area contributed by atoms with Crippen molar-refractivity contribution in [3.05, 3.63) is 46.6 Å². The lowest BCUT2D eigenvalue weighted by molar-refractivity contribution is 0.451. The van der Waals surface area contributed by atoms with Gasteiger partial charge in [-0.2, -0.15) is 9.67 Å². The Morgan fingerprint density at radius 3 is 2.78 bits per heavy atom. The Kier molecular flexibility index (Phi) is 2.78. The van der Waals surface area contributed by atoms with Gasteiger partial charge in [0.25, 0.3) is 0 Å². The van der Waals surface area contributed by atoms with Gasteiger partial charge in [-0.05, 0) is 30.9 Å². The molecule has 1 aliphatic heterocycles. The Labute approximate surface area is 106 Å². The van der Waals surface area contributed by atoms with Crippen molar-refractivity contribution in [1.82, 2.24) is 14.3 Å². The first-order valence-electron chi connectivity index (χ1n) is 6.50. The fourth-order valence-electron chi connectivity index (χ4n) is 2.53. The Balaban J connectivity index is 2.11. The molecule has 94 valence electrons. The number of hydrogen-bond acceptors (Lipinski definition) is 2. The molecule has 1 aromatic carbocycles. The van der Waals surface area contributed by atoms with Crippen LogP contribution in [-0.2, 0) is 13.0 Å². The molecule has 0 fully saturated rings. The van der Waals surface area contributed by atoms with Gasteiger partial charge >= 0.3 is 5.69 Å². The molecule has 2 heterocycles. The number of para-hydroxylation sites is 1. The highest BCUT2D eigenvalue weighted by Gasteiger charge is 2.19. The molecule has 4 nitrogen and oxygen atoms in total. The van der Waals surface area contributed by atoms with Crippen LogP contribution in [0.2, 0.25) is 0 Å². The summed E-state index contributed by atoms with van der Waals surface area (Å²) in [6, 6.07) is 9.74. The van der Waals surface area contributed by atoms with E-state index in [2.05, 4.69) is 11.9 Å². The van der Waals surface area contributed by atoms with Gasteiger partial charge in [-0.25, -0.2) is 4.79 Å². The summed E-state index contributed by atoms with van der Waals surface area (Å²) in [5, 5.41) is 0. The zero-order valence-electron chi connectivity index (χ0n) is 10.5. The van der Waals surface area contributed by atoms with Crippen molar-refractivity contribution in [2.24, 2.45) is 5.92 Å². The summed E-state index contributed by atoms with van der Waals surface area (Å²) >= 11 is 0. The minimum absolute atomic E-state index is 0.161. The number of nitrogens with zero attached hydrogens (tertiary/aromatic N) is 3. The Hall–Kier alpha value is -1.84. The van der Waals surface area contributed by atoms with E-state index in [0.29, 0.717) is 5.92 Å². The molecule has 0 aliphatic carbocycles. The molecule has 0 bridgehead atoms. The van der Waals surface area contributed by atoms with Gasteiger partial charge in [0, 0.05) is 13.0 Å². The molecule has 4 heteroatoms. The van der Waals surface area contributed by atoms with Crippen LogP contribution in [0.3, 0.4) is 0 Å². The highest BCUT2D eigenvalue weighted by molar-refractivity contribution is 5.29. The molecule has 2 aromatic rings. The molecule has 0 saturated carbocycles. The van der Waals surface area contributed by atoms with Gasteiger partial charge in [0.05, 0.1) is 5.69 Å². The van der Waals surface area contributed by atoms with E-state index in [1.807, 2.05) is 35.0 Å². The van der Waals surface area contributed by atoms with Gasteiger partial charge in [-0.15, -0.1) is 0 Å². The molecule has 1 unspecified atom stereocenters. The lowest BCUT2D eigenvalue weighted by Gasteiger charge is -2.11. The van der Waals surface area contributed by atoms with E-state index < -0.39 is 0 Å². The van der Waals surface area contributed by atoms with Gasteiger partial charge in [0.2, 0.25) is 0 Å². The highest BCUT2D eigenvalue weighted by Crippen LogP contribution is 2.18. The first kappa shape index (κ1) is 11.3. The van der Waals surface area contributed by atoms with Crippen molar-refractivity contribution < 1.29 is 0 Å². The third-order valence-corrected chi connectivity index (χ3v) is 3.64. The maximum absolute atomic E-state index is 12.0. The molecule has 1 atom stereocenters. The van der Waals surface area contributed by atoms with Crippen LogP contribution in [-0.4, -0.2) is 14.3 Å². The monoisotopic (exact) mass is 243 g/mol. The molecule has 3 rings (SSSR count). The average Bonchev–Trinajstić information content (AvgIpc) is 2.60. The number of hydrogen-bond donors (Lipinski definition) is 0. The minimum atomic E-state index is -0.161. The van der Waals surface area contributed by atoms with Crippen LogP contribution in [0.4, 0.5) is 0 Å². The summed E-state index contributed by atoms with van der Waals surface area (Å²) in [6.07, 6.45) is 3.12. The van der Waals surface area contributed by atoms with Gasteiger partial charge in [-0.1, -0.05) is 25.1 Å². The smallest absolute Gasteiger partial charge is 0.263 e. The zero-order chi connectivity index (χ0) is 12.5. The molecular weight excluding hydrogens is 226 g/mol. The third-order valence-electron chi connectivity index (χ3n) is 3.64. The third kappa shape index (κ3) is 1.88. The van der Waals surface area contributed by atoms with Crippen LogP contribution in [0.5, 0.6) is 0 Å². The predicted octanol–water partition coefficient (Wildman–Crippen LogP) is 2.01. The fraction of sp³-hybridized carbons (Fsp3) is 0.429. The largest absolute Gasteiger partial charge is 0.368 e. The van der Waals surface area contributed by atoms with Crippen LogP contribution < -0.4 is 5.69 Å². The molecule has 1 aliphatic rings. The van der Waals surface area contributed by atoms with Crippen LogP contribution in [0, 0.1) is 5.92 Å². The lowest BCUT2D eigenvalue weighted by atomic mass is 10.0. The van der Waals surface area contributed by atoms with Crippen LogP contribution in [0.25, 0.3) is 5.69 Å². The molecule has 0 radical (unpaired) electrons. The predicted molar refractivity (Wildman–Crippen MR) is 69.9 cm³/mol. The Morgan fingerprint density at radius 2 is 2.00 bits per heavy atom. The summed E-state index contributed by atoms with van der Waals surface area (Å²) in [4.78, 5) is 16.2. The number of rotatable bonds is 1. The zero-order valence-corrected chi connectivity index (χ0v) is 10.5. The van der Waals surface area contributed by atoms with Gasteiger partial charge in [-0.3, -0.25) is 4.68 Å². The number of benzene rings is 1. The van der Waals surface area contributed by atoms with E-state index in [1.54, 1.807) is 4.68 Å². The standard InChI is InChI=1S/C14H17N3O/c1-11-7-8-13-15-14(18)17(16(13)10-9-11)12-5-3-2-4-6-12/h2-6,11H,7-10H2,1H3. The number of aryl methyl sites for hydroxylation is 1. The second kappa shape index (κ2) is 4.44. The van der Waals surface area contributed by atoms with E-state index in [9.17, 15) is 4.79 Å². The van der Waals surface area contributed by atoms with Crippen molar-refractivity contribution >= 4 is 0 Å². The van der Waals surface area contributed by atoms with E-state index in [1.165, 1.54) is 0 Å².